The summed E-state index contributed by atoms with van der Waals surface area (Å²) >= 11 is 4.87. The Morgan fingerprint density at radius 2 is 2.21 bits per heavy atom. The summed E-state index contributed by atoms with van der Waals surface area (Å²) in [5, 5.41) is 10.5. The van der Waals surface area contributed by atoms with Gasteiger partial charge in [0.25, 0.3) is 5.91 Å². The Labute approximate surface area is 120 Å². The predicted octanol–water partition coefficient (Wildman–Crippen LogP) is 3.28. The smallest absolute Gasteiger partial charge is 0.395 e. The van der Waals surface area contributed by atoms with Crippen molar-refractivity contribution in [3.05, 3.63) is 48.8 Å². The van der Waals surface area contributed by atoms with Crippen LogP contribution in [0.15, 0.2) is 32.5 Å². The van der Waals surface area contributed by atoms with Crippen LogP contribution in [0.4, 0.5) is 5.88 Å². The minimum atomic E-state index is -0.673. The standard InChI is InChI=1S/C11H9BrN2O4S/c1-13(6-7-2-4-9(12)19-7)11(15)8-3-5-10(18-8)14(16)17/h2-5H,6H2,1H3. The van der Waals surface area contributed by atoms with Crippen LogP contribution in [0, 0.1) is 10.1 Å². The van der Waals surface area contributed by atoms with Gasteiger partial charge in [-0.25, -0.2) is 0 Å². The third-order valence-corrected chi connectivity index (χ3v) is 3.96. The minimum absolute atomic E-state index is 0.0372. The average Bonchev–Trinajstić information content (AvgIpc) is 2.97. The molecule has 0 spiro atoms. The van der Waals surface area contributed by atoms with Gasteiger partial charge in [0, 0.05) is 11.9 Å². The van der Waals surface area contributed by atoms with E-state index >= 15 is 0 Å². The maximum Gasteiger partial charge on any atom is 0.433 e. The van der Waals surface area contributed by atoms with E-state index in [1.165, 1.54) is 28.4 Å². The Kier molecular flexibility index (Phi) is 4.01. The minimum Gasteiger partial charge on any atom is -0.395 e. The second kappa shape index (κ2) is 5.54. The Hall–Kier alpha value is -1.67. The Balaban J connectivity index is 2.07. The number of amides is 1. The molecule has 0 unspecified atom stereocenters. The van der Waals surface area contributed by atoms with E-state index in [1.807, 2.05) is 12.1 Å². The first-order valence-corrected chi connectivity index (χ1v) is 6.82. The molecule has 0 aliphatic heterocycles. The summed E-state index contributed by atoms with van der Waals surface area (Å²) in [6.07, 6.45) is 0. The summed E-state index contributed by atoms with van der Waals surface area (Å²) < 4.78 is 5.86. The van der Waals surface area contributed by atoms with Crippen LogP contribution in [0.5, 0.6) is 0 Å². The number of carbonyl (C=O) groups excluding carboxylic acids is 1. The molecule has 0 fully saturated rings. The molecule has 100 valence electrons. The molecule has 0 N–H and O–H groups in total. The number of rotatable bonds is 4. The third kappa shape index (κ3) is 3.21. The molecular formula is C11H9BrN2O4S. The van der Waals surface area contributed by atoms with Gasteiger partial charge in [-0.05, 0) is 34.1 Å². The van der Waals surface area contributed by atoms with Crippen LogP contribution in [0.1, 0.15) is 15.4 Å². The number of nitro groups is 1. The number of nitrogens with zero attached hydrogens (tertiary/aromatic N) is 2. The molecule has 0 aromatic carbocycles. The van der Waals surface area contributed by atoms with Crippen molar-refractivity contribution in [1.29, 1.82) is 0 Å². The van der Waals surface area contributed by atoms with E-state index in [0.717, 1.165) is 8.66 Å². The van der Waals surface area contributed by atoms with Gasteiger partial charge in [0.2, 0.25) is 0 Å². The summed E-state index contributed by atoms with van der Waals surface area (Å²) in [7, 11) is 1.62. The highest BCUT2D eigenvalue weighted by Gasteiger charge is 2.20. The molecule has 0 aliphatic rings. The fourth-order valence-corrected chi connectivity index (χ4v) is 3.01. The van der Waals surface area contributed by atoms with Crippen LogP contribution < -0.4 is 0 Å². The molecule has 2 aromatic rings. The zero-order valence-electron chi connectivity index (χ0n) is 9.83. The highest BCUT2D eigenvalue weighted by atomic mass is 79.9. The molecule has 2 heterocycles. The summed E-state index contributed by atoms with van der Waals surface area (Å²) in [6, 6.07) is 6.28. The number of halogens is 1. The molecule has 8 heteroatoms. The summed E-state index contributed by atoms with van der Waals surface area (Å²) in [5.74, 6) is -0.863. The van der Waals surface area contributed by atoms with Gasteiger partial charge in [-0.3, -0.25) is 14.9 Å². The normalized spacial score (nSPS) is 10.4. The van der Waals surface area contributed by atoms with Crippen LogP contribution >= 0.6 is 27.3 Å². The molecular weight excluding hydrogens is 336 g/mol. The highest BCUT2D eigenvalue weighted by molar-refractivity contribution is 9.11. The predicted molar refractivity (Wildman–Crippen MR) is 73.2 cm³/mol. The van der Waals surface area contributed by atoms with E-state index in [0.29, 0.717) is 6.54 Å². The molecule has 0 atom stereocenters. The molecule has 0 aliphatic carbocycles. The molecule has 2 rings (SSSR count). The van der Waals surface area contributed by atoms with Gasteiger partial charge in [0.15, 0.2) is 5.76 Å². The van der Waals surface area contributed by atoms with Gasteiger partial charge in [-0.2, -0.15) is 0 Å². The summed E-state index contributed by atoms with van der Waals surface area (Å²) in [4.78, 5) is 24.3. The van der Waals surface area contributed by atoms with Crippen LogP contribution in [0.2, 0.25) is 0 Å². The van der Waals surface area contributed by atoms with Gasteiger partial charge < -0.3 is 9.32 Å². The quantitative estimate of drug-likeness (QED) is 0.629. The fourth-order valence-electron chi connectivity index (χ4n) is 1.47. The van der Waals surface area contributed by atoms with Gasteiger partial charge in [0.1, 0.15) is 4.92 Å². The van der Waals surface area contributed by atoms with Crippen LogP contribution in [0.3, 0.4) is 0 Å². The van der Waals surface area contributed by atoms with Gasteiger partial charge in [0.05, 0.1) is 16.4 Å². The lowest BCUT2D eigenvalue weighted by Crippen LogP contribution is -2.25. The summed E-state index contributed by atoms with van der Waals surface area (Å²) in [6.45, 7) is 0.420. The van der Waals surface area contributed by atoms with Crippen molar-refractivity contribution < 1.29 is 14.1 Å². The Morgan fingerprint density at radius 3 is 2.74 bits per heavy atom. The zero-order valence-corrected chi connectivity index (χ0v) is 12.2. The first kappa shape index (κ1) is 13.8. The maximum absolute atomic E-state index is 12.0. The first-order valence-electron chi connectivity index (χ1n) is 5.21. The first-order chi connectivity index (χ1) is 8.97. The second-order valence-corrected chi connectivity index (χ2v) is 6.31. The molecule has 2 aromatic heterocycles. The van der Waals surface area contributed by atoms with Crippen molar-refractivity contribution in [1.82, 2.24) is 4.90 Å². The summed E-state index contributed by atoms with van der Waals surface area (Å²) in [5.41, 5.74) is 0. The largest absolute Gasteiger partial charge is 0.433 e. The van der Waals surface area contributed by atoms with E-state index < -0.39 is 16.7 Å². The maximum atomic E-state index is 12.0. The number of hydrogen-bond acceptors (Lipinski definition) is 5. The van der Waals surface area contributed by atoms with E-state index in [-0.39, 0.29) is 5.76 Å². The number of furan rings is 1. The van der Waals surface area contributed by atoms with E-state index in [1.54, 1.807) is 7.05 Å². The van der Waals surface area contributed by atoms with Crippen molar-refractivity contribution in [2.24, 2.45) is 0 Å². The van der Waals surface area contributed by atoms with Crippen molar-refractivity contribution in [2.75, 3.05) is 7.05 Å². The number of thiophene rings is 1. The monoisotopic (exact) mass is 344 g/mol. The van der Waals surface area contributed by atoms with E-state index in [4.69, 9.17) is 4.42 Å². The molecule has 6 nitrogen and oxygen atoms in total. The van der Waals surface area contributed by atoms with Crippen molar-refractivity contribution in [3.63, 3.8) is 0 Å². The topological polar surface area (TPSA) is 76.6 Å². The molecule has 0 saturated heterocycles. The van der Waals surface area contributed by atoms with E-state index in [9.17, 15) is 14.9 Å². The number of hydrogen-bond donors (Lipinski definition) is 0. The fraction of sp³-hybridized carbons (Fsp3) is 0.182. The Bertz CT molecular complexity index is 622. The van der Waals surface area contributed by atoms with Crippen LogP contribution in [0.25, 0.3) is 0 Å². The molecule has 0 bridgehead atoms. The SMILES string of the molecule is CN(Cc1ccc(Br)s1)C(=O)c1ccc([N+](=O)[O-])o1. The van der Waals surface area contributed by atoms with Crippen molar-refractivity contribution in [2.45, 2.75) is 6.54 Å². The highest BCUT2D eigenvalue weighted by Crippen LogP contribution is 2.24. The van der Waals surface area contributed by atoms with Gasteiger partial charge in [-0.15, -0.1) is 11.3 Å². The second-order valence-electron chi connectivity index (χ2n) is 3.76. The molecule has 19 heavy (non-hydrogen) atoms. The molecule has 0 saturated carbocycles. The molecule has 0 radical (unpaired) electrons. The van der Waals surface area contributed by atoms with Crippen molar-refractivity contribution >= 4 is 39.1 Å². The molecule has 1 amide bonds. The lowest BCUT2D eigenvalue weighted by atomic mass is 10.3. The number of carbonyl (C=O) groups is 1. The zero-order chi connectivity index (χ0) is 14.0. The average molecular weight is 345 g/mol. The lowest BCUT2D eigenvalue weighted by Gasteiger charge is -2.14. The van der Waals surface area contributed by atoms with E-state index in [2.05, 4.69) is 15.9 Å². The van der Waals surface area contributed by atoms with Crippen LogP contribution in [-0.4, -0.2) is 22.8 Å². The van der Waals surface area contributed by atoms with Gasteiger partial charge >= 0.3 is 5.88 Å². The van der Waals surface area contributed by atoms with Crippen molar-refractivity contribution in [3.8, 4) is 0 Å². The lowest BCUT2D eigenvalue weighted by molar-refractivity contribution is -0.402. The Morgan fingerprint density at radius 1 is 1.47 bits per heavy atom. The van der Waals surface area contributed by atoms with Crippen LogP contribution in [-0.2, 0) is 6.54 Å². The van der Waals surface area contributed by atoms with Gasteiger partial charge in [-0.1, -0.05) is 0 Å². The third-order valence-electron chi connectivity index (χ3n) is 2.35.